The third kappa shape index (κ3) is 2.71. The van der Waals surface area contributed by atoms with Gasteiger partial charge in [-0.3, -0.25) is 4.79 Å². The number of phenolic OH excluding ortho intramolecular Hbond substituents is 2. The number of carbonyl (C=O) groups excluding carboxylic acids is 1. The van der Waals surface area contributed by atoms with Crippen molar-refractivity contribution in [3.05, 3.63) is 47.0 Å². The number of Topliss-reactive ketones (excluding diaryl/α,β-unsaturated/α-hetero) is 1. The zero-order chi connectivity index (χ0) is 18.2. The lowest BCUT2D eigenvalue weighted by Crippen LogP contribution is -2.13. The van der Waals surface area contributed by atoms with Crippen molar-refractivity contribution in [2.24, 2.45) is 0 Å². The fraction of sp³-hybridized carbons (Fsp3) is 0.133. The van der Waals surface area contributed by atoms with Gasteiger partial charge in [0.25, 0.3) is 0 Å². The van der Waals surface area contributed by atoms with Gasteiger partial charge >= 0.3 is 0 Å². The molecule has 2 rings (SSSR count). The van der Waals surface area contributed by atoms with Gasteiger partial charge in [0.1, 0.15) is 5.56 Å². The number of hydrogen-bond acceptors (Lipinski definition) is 5. The fourth-order valence-electron chi connectivity index (χ4n) is 2.04. The van der Waals surface area contributed by atoms with Crippen LogP contribution in [0.2, 0.25) is 0 Å². The summed E-state index contributed by atoms with van der Waals surface area (Å²) < 4.78 is 65.7. The minimum Gasteiger partial charge on any atom is -0.504 e. The van der Waals surface area contributed by atoms with Gasteiger partial charge in [0.2, 0.25) is 21.4 Å². The Hall–Kier alpha value is -2.55. The van der Waals surface area contributed by atoms with Crippen LogP contribution in [0.15, 0.2) is 34.1 Å². The second-order valence-electron chi connectivity index (χ2n) is 4.90. The second kappa shape index (κ2) is 6.16. The Balaban J connectivity index is 2.86. The van der Waals surface area contributed by atoms with Crippen LogP contribution >= 0.6 is 0 Å². The number of rotatable bonds is 4. The van der Waals surface area contributed by atoms with Gasteiger partial charge in [0.15, 0.2) is 28.9 Å². The summed E-state index contributed by atoms with van der Waals surface area (Å²) in [5, 5.41) is 19.0. The third-order valence-electron chi connectivity index (χ3n) is 3.29. The predicted molar refractivity (Wildman–Crippen MR) is 76.6 cm³/mol. The molecule has 2 aromatic rings. The van der Waals surface area contributed by atoms with Crippen LogP contribution in [0.3, 0.4) is 0 Å². The molecule has 0 aromatic heterocycles. The van der Waals surface area contributed by atoms with Crippen LogP contribution in [0.25, 0.3) is 0 Å². The van der Waals surface area contributed by atoms with Gasteiger partial charge in [0, 0.05) is 0 Å². The van der Waals surface area contributed by atoms with Crippen molar-refractivity contribution in [3.63, 3.8) is 0 Å². The Morgan fingerprint density at radius 2 is 1.58 bits per heavy atom. The van der Waals surface area contributed by atoms with E-state index in [1.807, 2.05) is 0 Å². The van der Waals surface area contributed by atoms with E-state index in [9.17, 15) is 36.6 Å². The van der Waals surface area contributed by atoms with E-state index in [1.54, 1.807) is 6.92 Å². The highest BCUT2D eigenvalue weighted by Crippen LogP contribution is 2.40. The van der Waals surface area contributed by atoms with Crippen molar-refractivity contribution in [1.82, 2.24) is 0 Å². The second-order valence-corrected chi connectivity index (χ2v) is 6.79. The summed E-state index contributed by atoms with van der Waals surface area (Å²) >= 11 is 0. The Labute approximate surface area is 134 Å². The Morgan fingerprint density at radius 3 is 2.08 bits per heavy atom. The van der Waals surface area contributed by atoms with Gasteiger partial charge in [-0.1, -0.05) is 17.7 Å². The van der Waals surface area contributed by atoms with E-state index in [2.05, 4.69) is 0 Å². The van der Waals surface area contributed by atoms with Crippen LogP contribution in [0.5, 0.6) is 11.5 Å². The van der Waals surface area contributed by atoms with Crippen LogP contribution in [-0.2, 0) is 9.84 Å². The van der Waals surface area contributed by atoms with E-state index < -0.39 is 60.8 Å². The molecule has 24 heavy (non-hydrogen) atoms. The molecule has 5 nitrogen and oxygen atoms in total. The quantitative estimate of drug-likeness (QED) is 0.818. The zero-order valence-corrected chi connectivity index (χ0v) is 13.0. The zero-order valence-electron chi connectivity index (χ0n) is 12.2. The molecule has 0 saturated carbocycles. The predicted octanol–water partition coefficient (Wildman–Crippen LogP) is 2.67. The molecule has 128 valence electrons. The topological polar surface area (TPSA) is 91.7 Å². The van der Waals surface area contributed by atoms with Crippen molar-refractivity contribution in [1.29, 1.82) is 0 Å². The fourth-order valence-corrected chi connectivity index (χ4v) is 3.46. The maximum absolute atomic E-state index is 14.4. The lowest BCUT2D eigenvalue weighted by molar-refractivity contribution is 0.0950. The minimum atomic E-state index is -4.77. The SMILES string of the molecule is Cc1ccc(S(=O)(=O)c2c(O)c(F)c(O)c(C(=O)CF)c2F)cc1. The van der Waals surface area contributed by atoms with E-state index in [0.29, 0.717) is 5.56 Å². The number of carbonyl (C=O) groups is 1. The minimum absolute atomic E-state index is 0.481. The first-order valence-electron chi connectivity index (χ1n) is 6.46. The van der Waals surface area contributed by atoms with E-state index in [1.165, 1.54) is 12.1 Å². The molecule has 0 heterocycles. The number of ketones is 1. The van der Waals surface area contributed by atoms with E-state index >= 15 is 0 Å². The molecule has 0 fully saturated rings. The van der Waals surface area contributed by atoms with Crippen molar-refractivity contribution < 1.29 is 36.6 Å². The van der Waals surface area contributed by atoms with Crippen molar-refractivity contribution >= 4 is 15.6 Å². The molecule has 9 heteroatoms. The third-order valence-corrected chi connectivity index (χ3v) is 5.09. The molecule has 0 amide bonds. The van der Waals surface area contributed by atoms with Gasteiger partial charge in [-0.15, -0.1) is 0 Å². The molecule has 0 aliphatic rings. The van der Waals surface area contributed by atoms with Crippen LogP contribution in [0.1, 0.15) is 15.9 Å². The summed E-state index contributed by atoms with van der Waals surface area (Å²) in [5.41, 5.74) is -0.790. The molecular weight excluding hydrogens is 349 g/mol. The maximum atomic E-state index is 14.4. The normalized spacial score (nSPS) is 11.5. The molecule has 0 atom stereocenters. The first-order chi connectivity index (χ1) is 11.1. The molecule has 2 N–H and O–H groups in total. The van der Waals surface area contributed by atoms with Gasteiger partial charge in [-0.2, -0.15) is 4.39 Å². The molecule has 0 aliphatic heterocycles. The summed E-state index contributed by atoms with van der Waals surface area (Å²) in [6.07, 6.45) is 0. The number of aromatic hydroxyl groups is 2. The Bertz CT molecular complexity index is 921. The first-order valence-corrected chi connectivity index (χ1v) is 7.95. The molecule has 0 spiro atoms. The number of phenols is 2. The lowest BCUT2D eigenvalue weighted by atomic mass is 10.1. The summed E-state index contributed by atoms with van der Waals surface area (Å²) in [5.74, 6) is -8.87. The van der Waals surface area contributed by atoms with Crippen molar-refractivity contribution in [2.75, 3.05) is 6.67 Å². The highest BCUT2D eigenvalue weighted by molar-refractivity contribution is 7.91. The summed E-state index contributed by atoms with van der Waals surface area (Å²) in [6, 6.07) is 4.94. The van der Waals surface area contributed by atoms with Crippen molar-refractivity contribution in [2.45, 2.75) is 16.7 Å². The number of aryl methyl sites for hydroxylation is 1. The van der Waals surface area contributed by atoms with Gasteiger partial charge in [0.05, 0.1) is 4.90 Å². The smallest absolute Gasteiger partial charge is 0.213 e. The Morgan fingerprint density at radius 1 is 1.04 bits per heavy atom. The van der Waals surface area contributed by atoms with E-state index in [-0.39, 0.29) is 0 Å². The molecule has 0 radical (unpaired) electrons. The van der Waals surface area contributed by atoms with Gasteiger partial charge in [-0.05, 0) is 19.1 Å². The van der Waals surface area contributed by atoms with Crippen LogP contribution < -0.4 is 0 Å². The van der Waals surface area contributed by atoms with Crippen LogP contribution in [0.4, 0.5) is 13.2 Å². The van der Waals surface area contributed by atoms with Gasteiger partial charge < -0.3 is 10.2 Å². The summed E-state index contributed by atoms with van der Waals surface area (Å²) in [6.45, 7) is -0.134. The molecule has 0 bridgehead atoms. The maximum Gasteiger partial charge on any atom is 0.213 e. The monoisotopic (exact) mass is 360 g/mol. The molecule has 0 unspecified atom stereocenters. The van der Waals surface area contributed by atoms with Crippen molar-refractivity contribution in [3.8, 4) is 11.5 Å². The summed E-state index contributed by atoms with van der Waals surface area (Å²) in [7, 11) is -4.77. The summed E-state index contributed by atoms with van der Waals surface area (Å²) in [4.78, 5) is 9.34. The average Bonchev–Trinajstić information content (AvgIpc) is 2.53. The standard InChI is InChI=1S/C15H11F3O5S/c1-7-2-4-8(5-3-7)24(22,23)15-11(17)10(9(19)6-16)13(20)12(18)14(15)21/h2-5,20-21H,6H2,1H3. The van der Waals surface area contributed by atoms with Gasteiger partial charge in [-0.25, -0.2) is 17.2 Å². The van der Waals surface area contributed by atoms with Crippen LogP contribution in [-0.4, -0.2) is 31.1 Å². The average molecular weight is 360 g/mol. The lowest BCUT2D eigenvalue weighted by Gasteiger charge is -2.13. The molecule has 0 aliphatic carbocycles. The number of halogens is 3. The van der Waals surface area contributed by atoms with Crippen LogP contribution in [0, 0.1) is 18.6 Å². The number of sulfone groups is 1. The van der Waals surface area contributed by atoms with E-state index in [0.717, 1.165) is 12.1 Å². The van der Waals surface area contributed by atoms with E-state index in [4.69, 9.17) is 0 Å². The number of alkyl halides is 1. The molecule has 0 saturated heterocycles. The largest absolute Gasteiger partial charge is 0.504 e. The number of benzene rings is 2. The highest BCUT2D eigenvalue weighted by Gasteiger charge is 2.35. The highest BCUT2D eigenvalue weighted by atomic mass is 32.2. The Kier molecular flexibility index (Phi) is 4.57. The molecule has 2 aromatic carbocycles. The first kappa shape index (κ1) is 17.8. The molecular formula is C15H11F3O5S. The number of hydrogen-bond donors (Lipinski definition) is 2.